The first-order valence-corrected chi connectivity index (χ1v) is 6.59. The third-order valence-electron chi connectivity index (χ3n) is 2.23. The fourth-order valence-corrected chi connectivity index (χ4v) is 3.00. The number of hydrogen-bond acceptors (Lipinski definition) is 2. The third kappa shape index (κ3) is 3.17. The molecule has 0 aromatic heterocycles. The number of aliphatic hydroxyl groups is 1. The molecule has 0 amide bonds. The molecule has 88 valence electrons. The molecule has 0 unspecified atom stereocenters. The zero-order valence-corrected chi connectivity index (χ0v) is 11.2. The largest absolute Gasteiger partial charge is 0.392 e. The number of rotatable bonds is 3. The summed E-state index contributed by atoms with van der Waals surface area (Å²) in [7, 11) is 0. The first-order chi connectivity index (χ1) is 8.20. The van der Waals surface area contributed by atoms with E-state index in [4.69, 9.17) is 23.2 Å². The Labute approximate surface area is 114 Å². The van der Waals surface area contributed by atoms with Gasteiger partial charge >= 0.3 is 0 Å². The fraction of sp³-hybridized carbons (Fsp3) is 0.0769. The van der Waals surface area contributed by atoms with Gasteiger partial charge in [0, 0.05) is 14.8 Å². The van der Waals surface area contributed by atoms with Crippen LogP contribution in [0.1, 0.15) is 5.56 Å². The highest BCUT2D eigenvalue weighted by Gasteiger charge is 2.08. The lowest BCUT2D eigenvalue weighted by molar-refractivity contribution is 0.279. The summed E-state index contributed by atoms with van der Waals surface area (Å²) in [4.78, 5) is 1.87. The molecule has 0 fully saturated rings. The van der Waals surface area contributed by atoms with Crippen molar-refractivity contribution in [2.75, 3.05) is 0 Å². The number of benzene rings is 2. The average Bonchev–Trinajstić information content (AvgIpc) is 2.32. The SMILES string of the molecule is OCc1cccc(Cl)c1Sc1cccc(Cl)c1. The van der Waals surface area contributed by atoms with Crippen LogP contribution < -0.4 is 0 Å². The van der Waals surface area contributed by atoms with Gasteiger partial charge in [0.2, 0.25) is 0 Å². The molecule has 0 aliphatic rings. The van der Waals surface area contributed by atoms with Gasteiger partial charge in [-0.15, -0.1) is 0 Å². The Hall–Kier alpha value is -0.670. The van der Waals surface area contributed by atoms with Gasteiger partial charge in [0.1, 0.15) is 0 Å². The maximum Gasteiger partial charge on any atom is 0.0693 e. The monoisotopic (exact) mass is 284 g/mol. The summed E-state index contributed by atoms with van der Waals surface area (Å²) in [5, 5.41) is 10.6. The maximum atomic E-state index is 9.28. The summed E-state index contributed by atoms with van der Waals surface area (Å²) in [6, 6.07) is 13.0. The van der Waals surface area contributed by atoms with E-state index in [0.717, 1.165) is 15.4 Å². The predicted molar refractivity (Wildman–Crippen MR) is 72.9 cm³/mol. The lowest BCUT2D eigenvalue weighted by atomic mass is 10.2. The van der Waals surface area contributed by atoms with Crippen molar-refractivity contribution in [1.82, 2.24) is 0 Å². The highest BCUT2D eigenvalue weighted by molar-refractivity contribution is 7.99. The minimum atomic E-state index is -0.0243. The van der Waals surface area contributed by atoms with Crippen molar-refractivity contribution in [3.8, 4) is 0 Å². The Balaban J connectivity index is 2.35. The molecule has 17 heavy (non-hydrogen) atoms. The first-order valence-electron chi connectivity index (χ1n) is 5.02. The molecule has 0 radical (unpaired) electrons. The molecular formula is C13H10Cl2OS. The average molecular weight is 285 g/mol. The zero-order chi connectivity index (χ0) is 12.3. The molecule has 4 heteroatoms. The second-order valence-electron chi connectivity index (χ2n) is 3.45. The van der Waals surface area contributed by atoms with E-state index in [1.807, 2.05) is 42.5 Å². The van der Waals surface area contributed by atoms with Crippen molar-refractivity contribution in [2.24, 2.45) is 0 Å². The molecule has 1 N–H and O–H groups in total. The maximum absolute atomic E-state index is 9.28. The van der Waals surface area contributed by atoms with Gasteiger partial charge in [0.25, 0.3) is 0 Å². The second-order valence-corrected chi connectivity index (χ2v) is 5.37. The van der Waals surface area contributed by atoms with Gasteiger partial charge in [0.05, 0.1) is 11.6 Å². The summed E-state index contributed by atoms with van der Waals surface area (Å²) < 4.78 is 0. The number of halogens is 2. The summed E-state index contributed by atoms with van der Waals surface area (Å²) in [5.74, 6) is 0. The Kier molecular flexibility index (Phi) is 4.35. The van der Waals surface area contributed by atoms with Crippen LogP contribution in [-0.4, -0.2) is 5.11 Å². The normalized spacial score (nSPS) is 10.5. The molecule has 0 atom stereocenters. The Bertz CT molecular complexity index is 529. The van der Waals surface area contributed by atoms with Crippen molar-refractivity contribution >= 4 is 35.0 Å². The van der Waals surface area contributed by atoms with Crippen molar-refractivity contribution in [2.45, 2.75) is 16.4 Å². The number of aliphatic hydroxyl groups excluding tert-OH is 1. The Morgan fingerprint density at radius 3 is 2.53 bits per heavy atom. The molecule has 0 saturated heterocycles. The van der Waals surface area contributed by atoms with Gasteiger partial charge in [-0.05, 0) is 29.8 Å². The Morgan fingerprint density at radius 2 is 1.82 bits per heavy atom. The van der Waals surface area contributed by atoms with Crippen LogP contribution in [-0.2, 0) is 6.61 Å². The fourth-order valence-electron chi connectivity index (χ4n) is 1.44. The second kappa shape index (κ2) is 5.78. The minimum Gasteiger partial charge on any atom is -0.392 e. The molecule has 2 aromatic rings. The van der Waals surface area contributed by atoms with Gasteiger partial charge in [-0.2, -0.15) is 0 Å². The van der Waals surface area contributed by atoms with E-state index in [2.05, 4.69) is 0 Å². The molecule has 0 saturated carbocycles. The van der Waals surface area contributed by atoms with Crippen molar-refractivity contribution in [3.05, 3.63) is 58.1 Å². The Morgan fingerprint density at radius 1 is 1.06 bits per heavy atom. The summed E-state index contributed by atoms with van der Waals surface area (Å²) in [6.45, 7) is -0.0243. The van der Waals surface area contributed by atoms with Crippen LogP contribution in [0.5, 0.6) is 0 Å². The van der Waals surface area contributed by atoms with Crippen LogP contribution in [0.15, 0.2) is 52.3 Å². The van der Waals surface area contributed by atoms with Crippen LogP contribution in [0, 0.1) is 0 Å². The van der Waals surface area contributed by atoms with E-state index < -0.39 is 0 Å². The van der Waals surface area contributed by atoms with Crippen LogP contribution in [0.2, 0.25) is 10.0 Å². The molecule has 0 bridgehead atoms. The molecule has 1 nitrogen and oxygen atoms in total. The van der Waals surface area contributed by atoms with Crippen molar-refractivity contribution in [1.29, 1.82) is 0 Å². The highest BCUT2D eigenvalue weighted by atomic mass is 35.5. The van der Waals surface area contributed by atoms with E-state index in [1.54, 1.807) is 0 Å². The predicted octanol–water partition coefficient (Wildman–Crippen LogP) is 4.64. The summed E-state index contributed by atoms with van der Waals surface area (Å²) in [6.07, 6.45) is 0. The third-order valence-corrected chi connectivity index (χ3v) is 4.07. The quantitative estimate of drug-likeness (QED) is 0.886. The standard InChI is InChI=1S/C13H10Cl2OS/c14-10-4-2-5-11(7-10)17-13-9(8-16)3-1-6-12(13)15/h1-7,16H,8H2. The summed E-state index contributed by atoms with van der Waals surface area (Å²) in [5.41, 5.74) is 0.822. The lowest BCUT2D eigenvalue weighted by Gasteiger charge is -2.09. The van der Waals surface area contributed by atoms with Crippen LogP contribution >= 0.6 is 35.0 Å². The molecule has 0 aliphatic heterocycles. The van der Waals surface area contributed by atoms with Gasteiger partial charge in [-0.25, -0.2) is 0 Å². The topological polar surface area (TPSA) is 20.2 Å². The molecule has 2 aromatic carbocycles. The first kappa shape index (κ1) is 12.8. The lowest BCUT2D eigenvalue weighted by Crippen LogP contribution is -1.88. The molecule has 0 spiro atoms. The highest BCUT2D eigenvalue weighted by Crippen LogP contribution is 2.36. The van der Waals surface area contributed by atoms with Crippen LogP contribution in [0.4, 0.5) is 0 Å². The van der Waals surface area contributed by atoms with Crippen LogP contribution in [0.25, 0.3) is 0 Å². The van der Waals surface area contributed by atoms with Crippen LogP contribution in [0.3, 0.4) is 0 Å². The molecule has 0 heterocycles. The van der Waals surface area contributed by atoms with E-state index in [1.165, 1.54) is 11.8 Å². The van der Waals surface area contributed by atoms with E-state index in [-0.39, 0.29) is 6.61 Å². The van der Waals surface area contributed by atoms with E-state index in [0.29, 0.717) is 10.0 Å². The van der Waals surface area contributed by atoms with E-state index >= 15 is 0 Å². The molecular weight excluding hydrogens is 275 g/mol. The van der Waals surface area contributed by atoms with Gasteiger partial charge in [-0.3, -0.25) is 0 Å². The van der Waals surface area contributed by atoms with E-state index in [9.17, 15) is 5.11 Å². The molecule has 0 aliphatic carbocycles. The van der Waals surface area contributed by atoms with Gasteiger partial charge in [-0.1, -0.05) is 53.2 Å². The molecule has 2 rings (SSSR count). The van der Waals surface area contributed by atoms with Crippen molar-refractivity contribution in [3.63, 3.8) is 0 Å². The summed E-state index contributed by atoms with van der Waals surface area (Å²) >= 11 is 13.6. The smallest absolute Gasteiger partial charge is 0.0693 e. The zero-order valence-electron chi connectivity index (χ0n) is 8.86. The minimum absolute atomic E-state index is 0.0243. The van der Waals surface area contributed by atoms with Crippen molar-refractivity contribution < 1.29 is 5.11 Å². The van der Waals surface area contributed by atoms with Gasteiger partial charge in [0.15, 0.2) is 0 Å². The van der Waals surface area contributed by atoms with Gasteiger partial charge < -0.3 is 5.11 Å². The number of hydrogen-bond donors (Lipinski definition) is 1.